The number of fused-ring (bicyclic) bond motifs is 5. The molecule has 0 amide bonds. The number of aliphatic hydroxyl groups is 1. The standard InChI is InChI=1S/C28H30O4/c1-3-11-28(30)12-10-23-21-7-4-17-13-19(29)6-8-20(17)26(21)22(15-27(23,28)2)18-5-9-24-25(14-18)32-16-31-24/h5,9,13-14,21-23,30H,4,6-8,10,12,15-16H2,1-2H3/t21-,22+,23-,27-,28+/m0/s1. The van der Waals surface area contributed by atoms with Gasteiger partial charge in [0, 0.05) is 17.8 Å². The van der Waals surface area contributed by atoms with Crippen molar-refractivity contribution in [2.75, 3.05) is 6.79 Å². The van der Waals surface area contributed by atoms with E-state index in [1.807, 2.05) is 19.1 Å². The van der Waals surface area contributed by atoms with Crippen LogP contribution in [0.3, 0.4) is 0 Å². The number of ketones is 1. The van der Waals surface area contributed by atoms with Crippen LogP contribution in [0, 0.1) is 29.1 Å². The highest BCUT2D eigenvalue weighted by molar-refractivity contribution is 5.93. The molecule has 4 heteroatoms. The van der Waals surface area contributed by atoms with E-state index in [1.54, 1.807) is 0 Å². The molecule has 4 aliphatic carbocycles. The lowest BCUT2D eigenvalue weighted by Gasteiger charge is -2.53. The maximum absolute atomic E-state index is 12.2. The first kappa shape index (κ1) is 20.1. The molecule has 5 aliphatic rings. The molecule has 2 fully saturated rings. The molecule has 0 aromatic heterocycles. The van der Waals surface area contributed by atoms with E-state index in [1.165, 1.54) is 22.3 Å². The Bertz CT molecular complexity index is 1130. The normalized spacial score (nSPS) is 37.2. The topological polar surface area (TPSA) is 55.8 Å². The molecule has 6 rings (SSSR count). The summed E-state index contributed by atoms with van der Waals surface area (Å²) in [6, 6.07) is 6.31. The van der Waals surface area contributed by atoms with Crippen LogP contribution >= 0.6 is 0 Å². The second kappa shape index (κ2) is 6.99. The number of ether oxygens (including phenoxy) is 2. The second-order valence-corrected chi connectivity index (χ2v) is 10.4. The van der Waals surface area contributed by atoms with E-state index < -0.39 is 5.60 Å². The van der Waals surface area contributed by atoms with Gasteiger partial charge in [-0.2, -0.15) is 0 Å². The average molecular weight is 431 g/mol. The number of carbonyl (C=O) groups is 1. The summed E-state index contributed by atoms with van der Waals surface area (Å²) in [4.78, 5) is 12.2. The summed E-state index contributed by atoms with van der Waals surface area (Å²) in [5, 5.41) is 11.7. The summed E-state index contributed by atoms with van der Waals surface area (Å²) in [6.07, 6.45) is 7.98. The molecule has 1 aromatic rings. The zero-order chi connectivity index (χ0) is 22.1. The van der Waals surface area contributed by atoms with Crippen molar-refractivity contribution in [3.63, 3.8) is 0 Å². The van der Waals surface area contributed by atoms with Gasteiger partial charge in [-0.05, 0) is 92.2 Å². The number of hydrogen-bond donors (Lipinski definition) is 1. The van der Waals surface area contributed by atoms with Gasteiger partial charge >= 0.3 is 0 Å². The van der Waals surface area contributed by atoms with Gasteiger partial charge in [0.25, 0.3) is 0 Å². The molecule has 4 nitrogen and oxygen atoms in total. The molecule has 0 unspecified atom stereocenters. The Labute approximate surface area is 189 Å². The first-order chi connectivity index (χ1) is 15.4. The third kappa shape index (κ3) is 2.70. The van der Waals surface area contributed by atoms with E-state index in [0.29, 0.717) is 18.3 Å². The maximum Gasteiger partial charge on any atom is 0.231 e. The van der Waals surface area contributed by atoms with Crippen molar-refractivity contribution in [3.05, 3.63) is 46.6 Å². The minimum atomic E-state index is -0.949. The smallest absolute Gasteiger partial charge is 0.231 e. The summed E-state index contributed by atoms with van der Waals surface area (Å²) in [6.45, 7) is 4.36. The van der Waals surface area contributed by atoms with Gasteiger partial charge in [-0.3, -0.25) is 4.79 Å². The van der Waals surface area contributed by atoms with Crippen LogP contribution in [0.2, 0.25) is 0 Å². The van der Waals surface area contributed by atoms with Crippen LogP contribution in [0.4, 0.5) is 0 Å². The Balaban J connectivity index is 1.54. The third-order valence-electron chi connectivity index (χ3n) is 9.02. The largest absolute Gasteiger partial charge is 0.454 e. The van der Waals surface area contributed by atoms with Crippen LogP contribution in [-0.2, 0) is 4.79 Å². The molecule has 5 atom stereocenters. The van der Waals surface area contributed by atoms with Crippen molar-refractivity contribution < 1.29 is 19.4 Å². The summed E-state index contributed by atoms with van der Waals surface area (Å²) >= 11 is 0. The Hall–Kier alpha value is -2.51. The maximum atomic E-state index is 12.2. The van der Waals surface area contributed by atoms with Crippen LogP contribution in [-0.4, -0.2) is 23.3 Å². The number of carbonyl (C=O) groups excluding carboxylic acids is 1. The quantitative estimate of drug-likeness (QED) is 0.632. The van der Waals surface area contributed by atoms with Gasteiger partial charge < -0.3 is 14.6 Å². The van der Waals surface area contributed by atoms with E-state index >= 15 is 0 Å². The summed E-state index contributed by atoms with van der Waals surface area (Å²) in [7, 11) is 0. The Morgan fingerprint density at radius 3 is 2.81 bits per heavy atom. The molecular formula is C28H30O4. The minimum absolute atomic E-state index is 0.186. The highest BCUT2D eigenvalue weighted by Gasteiger charge is 2.62. The van der Waals surface area contributed by atoms with Crippen LogP contribution in [0.15, 0.2) is 41.0 Å². The first-order valence-electron chi connectivity index (χ1n) is 12.0. The van der Waals surface area contributed by atoms with E-state index in [0.717, 1.165) is 50.0 Å². The molecule has 0 bridgehead atoms. The van der Waals surface area contributed by atoms with Gasteiger partial charge in [-0.1, -0.05) is 24.5 Å². The summed E-state index contributed by atoms with van der Waals surface area (Å²) < 4.78 is 11.3. The predicted octanol–water partition coefficient (Wildman–Crippen LogP) is 5.07. The predicted molar refractivity (Wildman–Crippen MR) is 121 cm³/mol. The van der Waals surface area contributed by atoms with Gasteiger partial charge in [-0.15, -0.1) is 5.92 Å². The summed E-state index contributed by atoms with van der Waals surface area (Å²) in [5.74, 6) is 9.14. The third-order valence-corrected chi connectivity index (χ3v) is 9.02. The lowest BCUT2D eigenvalue weighted by Crippen LogP contribution is -2.51. The lowest BCUT2D eigenvalue weighted by atomic mass is 9.51. The van der Waals surface area contributed by atoms with Crippen molar-refractivity contribution in [1.29, 1.82) is 0 Å². The highest BCUT2D eigenvalue weighted by Crippen LogP contribution is 2.66. The molecule has 1 aromatic carbocycles. The van der Waals surface area contributed by atoms with Crippen molar-refractivity contribution in [3.8, 4) is 23.3 Å². The van der Waals surface area contributed by atoms with Crippen LogP contribution < -0.4 is 9.47 Å². The first-order valence-corrected chi connectivity index (χ1v) is 12.0. The van der Waals surface area contributed by atoms with Crippen LogP contribution in [0.1, 0.15) is 70.3 Å². The van der Waals surface area contributed by atoms with Gasteiger partial charge in [0.05, 0.1) is 0 Å². The van der Waals surface area contributed by atoms with Gasteiger partial charge in [0.2, 0.25) is 6.79 Å². The minimum Gasteiger partial charge on any atom is -0.454 e. The molecule has 0 saturated heterocycles. The molecular weight excluding hydrogens is 400 g/mol. The molecule has 166 valence electrons. The number of rotatable bonds is 1. The fourth-order valence-electron chi connectivity index (χ4n) is 7.51. The average Bonchev–Trinajstić information content (AvgIpc) is 3.35. The highest BCUT2D eigenvalue weighted by atomic mass is 16.7. The van der Waals surface area contributed by atoms with E-state index in [4.69, 9.17) is 9.47 Å². The van der Waals surface area contributed by atoms with Crippen molar-refractivity contribution in [1.82, 2.24) is 0 Å². The molecule has 1 N–H and O–H groups in total. The van der Waals surface area contributed by atoms with E-state index in [-0.39, 0.29) is 23.9 Å². The number of hydrogen-bond acceptors (Lipinski definition) is 4. The van der Waals surface area contributed by atoms with E-state index in [2.05, 4.69) is 30.9 Å². The molecule has 32 heavy (non-hydrogen) atoms. The molecule has 1 heterocycles. The van der Waals surface area contributed by atoms with Crippen molar-refractivity contribution in [2.24, 2.45) is 17.3 Å². The summed E-state index contributed by atoms with van der Waals surface area (Å²) in [5.41, 5.74) is 4.20. The Morgan fingerprint density at radius 2 is 1.97 bits per heavy atom. The van der Waals surface area contributed by atoms with Crippen molar-refractivity contribution >= 4 is 5.78 Å². The Kier molecular flexibility index (Phi) is 4.40. The van der Waals surface area contributed by atoms with Crippen molar-refractivity contribution in [2.45, 2.75) is 70.3 Å². The number of allylic oxidation sites excluding steroid dienone is 4. The molecule has 0 spiro atoms. The molecule has 1 aliphatic heterocycles. The molecule has 2 saturated carbocycles. The monoisotopic (exact) mass is 430 g/mol. The fraction of sp³-hybridized carbons (Fsp3) is 0.536. The number of benzene rings is 1. The van der Waals surface area contributed by atoms with Crippen LogP contribution in [0.25, 0.3) is 0 Å². The Morgan fingerprint density at radius 1 is 1.12 bits per heavy atom. The van der Waals surface area contributed by atoms with Crippen LogP contribution in [0.5, 0.6) is 11.5 Å². The zero-order valence-electron chi connectivity index (χ0n) is 18.9. The van der Waals surface area contributed by atoms with E-state index in [9.17, 15) is 9.90 Å². The molecule has 0 radical (unpaired) electrons. The lowest BCUT2D eigenvalue weighted by molar-refractivity contribution is -0.114. The van der Waals surface area contributed by atoms with Gasteiger partial charge in [-0.25, -0.2) is 0 Å². The van der Waals surface area contributed by atoms with Gasteiger partial charge in [0.1, 0.15) is 5.60 Å². The van der Waals surface area contributed by atoms with Gasteiger partial charge in [0.15, 0.2) is 17.3 Å². The fourth-order valence-corrected chi connectivity index (χ4v) is 7.51. The zero-order valence-corrected chi connectivity index (χ0v) is 18.9. The SMILES string of the molecule is CC#C[C@@]1(O)CC[C@H]2[C@@H]3CCC4=CC(=O)CCC4=C3[C@@H](c3ccc4c(c3)OCO4)C[C@@]21C. The second-order valence-electron chi connectivity index (χ2n) is 10.4.